The van der Waals surface area contributed by atoms with Crippen molar-refractivity contribution in [2.75, 3.05) is 6.54 Å². The smallest absolute Gasteiger partial charge is 0.224 e. The van der Waals surface area contributed by atoms with Crippen LogP contribution in [0.25, 0.3) is 5.69 Å². The van der Waals surface area contributed by atoms with E-state index in [1.165, 1.54) is 0 Å². The summed E-state index contributed by atoms with van der Waals surface area (Å²) in [6.07, 6.45) is 4.80. The summed E-state index contributed by atoms with van der Waals surface area (Å²) < 4.78 is 1.78. The number of nitrogens with zero attached hydrogens (tertiary/aromatic N) is 2. The van der Waals surface area contributed by atoms with E-state index in [4.69, 9.17) is 5.73 Å². The molecule has 5 nitrogen and oxygen atoms in total. The Labute approximate surface area is 118 Å². The van der Waals surface area contributed by atoms with Gasteiger partial charge in [0.1, 0.15) is 0 Å². The van der Waals surface area contributed by atoms with Crippen molar-refractivity contribution in [2.24, 2.45) is 5.73 Å². The lowest BCUT2D eigenvalue weighted by molar-refractivity contribution is -0.120. The number of aromatic nitrogens is 2. The van der Waals surface area contributed by atoms with E-state index < -0.39 is 0 Å². The van der Waals surface area contributed by atoms with E-state index in [-0.39, 0.29) is 11.9 Å². The van der Waals surface area contributed by atoms with Gasteiger partial charge in [-0.25, -0.2) is 4.68 Å². The third-order valence-corrected chi connectivity index (χ3v) is 2.99. The fourth-order valence-corrected chi connectivity index (χ4v) is 1.88. The number of hydrogen-bond acceptors (Lipinski definition) is 3. The van der Waals surface area contributed by atoms with Gasteiger partial charge in [0.05, 0.1) is 12.1 Å². The molecule has 5 heteroatoms. The van der Waals surface area contributed by atoms with E-state index in [9.17, 15) is 4.79 Å². The molecule has 2 aromatic rings. The van der Waals surface area contributed by atoms with Gasteiger partial charge < -0.3 is 11.1 Å². The van der Waals surface area contributed by atoms with Crippen LogP contribution in [0.2, 0.25) is 0 Å². The molecule has 1 atom stereocenters. The van der Waals surface area contributed by atoms with Crippen LogP contribution in [-0.2, 0) is 11.2 Å². The Morgan fingerprint density at radius 3 is 2.75 bits per heavy atom. The first-order valence-electron chi connectivity index (χ1n) is 6.76. The zero-order valence-electron chi connectivity index (χ0n) is 11.6. The van der Waals surface area contributed by atoms with Crippen LogP contribution in [0, 0.1) is 0 Å². The maximum Gasteiger partial charge on any atom is 0.224 e. The summed E-state index contributed by atoms with van der Waals surface area (Å²) in [7, 11) is 0. The molecule has 1 aromatic heterocycles. The molecule has 0 aliphatic heterocycles. The Morgan fingerprint density at radius 1 is 1.40 bits per heavy atom. The third kappa shape index (κ3) is 4.20. The van der Waals surface area contributed by atoms with E-state index in [1.807, 2.05) is 43.5 Å². The molecule has 0 aliphatic carbocycles. The van der Waals surface area contributed by atoms with Crippen LogP contribution in [0.5, 0.6) is 0 Å². The van der Waals surface area contributed by atoms with Crippen molar-refractivity contribution in [1.82, 2.24) is 15.1 Å². The average molecular weight is 272 g/mol. The zero-order valence-corrected chi connectivity index (χ0v) is 11.6. The molecule has 2 rings (SSSR count). The maximum atomic E-state index is 11.7. The monoisotopic (exact) mass is 272 g/mol. The molecule has 0 radical (unpaired) electrons. The summed E-state index contributed by atoms with van der Waals surface area (Å²) in [5, 5.41) is 7.03. The Bertz CT molecular complexity index is 532. The van der Waals surface area contributed by atoms with Gasteiger partial charge in [-0.2, -0.15) is 5.10 Å². The van der Waals surface area contributed by atoms with Gasteiger partial charge in [-0.05, 0) is 37.1 Å². The molecule has 0 spiro atoms. The van der Waals surface area contributed by atoms with Crippen LogP contribution in [0.1, 0.15) is 18.9 Å². The van der Waals surface area contributed by atoms with Crippen LogP contribution in [0.4, 0.5) is 0 Å². The van der Waals surface area contributed by atoms with Gasteiger partial charge in [-0.1, -0.05) is 12.1 Å². The summed E-state index contributed by atoms with van der Waals surface area (Å²) >= 11 is 0. The Kier molecular flexibility index (Phi) is 4.90. The van der Waals surface area contributed by atoms with Crippen LogP contribution < -0.4 is 11.1 Å². The highest BCUT2D eigenvalue weighted by Crippen LogP contribution is 2.09. The van der Waals surface area contributed by atoms with Crippen LogP contribution in [-0.4, -0.2) is 28.3 Å². The fraction of sp³-hybridized carbons (Fsp3) is 0.333. The number of nitrogens with one attached hydrogen (secondary N) is 1. The molecule has 3 N–H and O–H groups in total. The first kappa shape index (κ1) is 14.3. The van der Waals surface area contributed by atoms with Crippen molar-refractivity contribution in [1.29, 1.82) is 0 Å². The van der Waals surface area contributed by atoms with Crippen LogP contribution >= 0.6 is 0 Å². The number of amides is 1. The molecule has 1 heterocycles. The number of hydrogen-bond donors (Lipinski definition) is 2. The van der Waals surface area contributed by atoms with E-state index in [0.717, 1.165) is 17.7 Å². The summed E-state index contributed by atoms with van der Waals surface area (Å²) in [4.78, 5) is 11.7. The predicted octanol–water partition coefficient (Wildman–Crippen LogP) is 1.27. The summed E-state index contributed by atoms with van der Waals surface area (Å²) in [6.45, 7) is 2.56. The molecule has 1 amide bonds. The minimum Gasteiger partial charge on any atom is -0.356 e. The summed E-state index contributed by atoms with van der Waals surface area (Å²) in [5.74, 6) is 0.0255. The molecule has 0 aliphatic rings. The molecule has 0 saturated heterocycles. The van der Waals surface area contributed by atoms with Crippen molar-refractivity contribution < 1.29 is 4.79 Å². The largest absolute Gasteiger partial charge is 0.356 e. The lowest BCUT2D eigenvalue weighted by Crippen LogP contribution is -2.29. The molecule has 0 bridgehead atoms. The second-order valence-electron chi connectivity index (χ2n) is 4.91. The third-order valence-electron chi connectivity index (χ3n) is 2.99. The highest BCUT2D eigenvalue weighted by Gasteiger charge is 2.04. The Morgan fingerprint density at radius 2 is 2.15 bits per heavy atom. The van der Waals surface area contributed by atoms with Gasteiger partial charge in [0.25, 0.3) is 0 Å². The molecule has 0 saturated carbocycles. The lowest BCUT2D eigenvalue weighted by Gasteiger charge is -2.08. The quantitative estimate of drug-likeness (QED) is 0.831. The maximum absolute atomic E-state index is 11.7. The normalized spacial score (nSPS) is 12.1. The Balaban J connectivity index is 1.86. The first-order valence-corrected chi connectivity index (χ1v) is 6.76. The van der Waals surface area contributed by atoms with Crippen LogP contribution in [0.3, 0.4) is 0 Å². The number of rotatable bonds is 6. The zero-order chi connectivity index (χ0) is 14.4. The standard InChI is InChI=1S/C15H20N4O/c1-12(16)7-9-17-15(20)11-13-3-5-14(6-4-13)19-10-2-8-18-19/h2-6,8,10,12H,7,9,11,16H2,1H3,(H,17,20). The highest BCUT2D eigenvalue weighted by atomic mass is 16.1. The second kappa shape index (κ2) is 6.86. The van der Waals surface area contributed by atoms with E-state index in [0.29, 0.717) is 13.0 Å². The SMILES string of the molecule is CC(N)CCNC(=O)Cc1ccc(-n2cccn2)cc1. The first-order chi connectivity index (χ1) is 9.65. The van der Waals surface area contributed by atoms with E-state index >= 15 is 0 Å². The molecular weight excluding hydrogens is 252 g/mol. The van der Waals surface area contributed by atoms with Gasteiger partial charge in [0, 0.05) is 25.0 Å². The van der Waals surface area contributed by atoms with Gasteiger partial charge in [-0.3, -0.25) is 4.79 Å². The van der Waals surface area contributed by atoms with Crippen molar-refractivity contribution >= 4 is 5.91 Å². The predicted molar refractivity (Wildman–Crippen MR) is 78.5 cm³/mol. The number of carbonyl (C=O) groups is 1. The van der Waals surface area contributed by atoms with Gasteiger partial charge in [0.2, 0.25) is 5.91 Å². The Hall–Kier alpha value is -2.14. The topological polar surface area (TPSA) is 72.9 Å². The molecule has 20 heavy (non-hydrogen) atoms. The van der Waals surface area contributed by atoms with Crippen LogP contribution in [0.15, 0.2) is 42.7 Å². The second-order valence-corrected chi connectivity index (χ2v) is 4.91. The molecule has 0 fully saturated rings. The van der Waals surface area contributed by atoms with Crippen molar-refractivity contribution in [3.05, 3.63) is 48.3 Å². The van der Waals surface area contributed by atoms with Crippen molar-refractivity contribution in [3.8, 4) is 5.69 Å². The average Bonchev–Trinajstić information content (AvgIpc) is 2.93. The molecular formula is C15H20N4O. The number of carbonyl (C=O) groups excluding carboxylic acids is 1. The highest BCUT2D eigenvalue weighted by molar-refractivity contribution is 5.78. The fourth-order valence-electron chi connectivity index (χ4n) is 1.88. The van der Waals surface area contributed by atoms with Crippen molar-refractivity contribution in [2.45, 2.75) is 25.8 Å². The molecule has 1 unspecified atom stereocenters. The van der Waals surface area contributed by atoms with Gasteiger partial charge >= 0.3 is 0 Å². The van der Waals surface area contributed by atoms with Crippen molar-refractivity contribution in [3.63, 3.8) is 0 Å². The number of benzene rings is 1. The van der Waals surface area contributed by atoms with E-state index in [2.05, 4.69) is 10.4 Å². The minimum absolute atomic E-state index is 0.0255. The lowest BCUT2D eigenvalue weighted by atomic mass is 10.1. The number of nitrogens with two attached hydrogens (primary N) is 1. The van der Waals surface area contributed by atoms with Gasteiger partial charge in [-0.15, -0.1) is 0 Å². The van der Waals surface area contributed by atoms with E-state index in [1.54, 1.807) is 10.9 Å². The van der Waals surface area contributed by atoms with Gasteiger partial charge in [0.15, 0.2) is 0 Å². The summed E-state index contributed by atoms with van der Waals surface area (Å²) in [5.41, 5.74) is 7.60. The summed E-state index contributed by atoms with van der Waals surface area (Å²) in [6, 6.07) is 9.79. The minimum atomic E-state index is 0.0255. The molecule has 1 aromatic carbocycles. The molecule has 106 valence electrons.